The second kappa shape index (κ2) is 4.76. The smallest absolute Gasteiger partial charge is 0.185 e. The zero-order chi connectivity index (χ0) is 10.6. The van der Waals surface area contributed by atoms with Gasteiger partial charge in [-0.3, -0.25) is 5.41 Å². The Morgan fingerprint density at radius 2 is 2.21 bits per heavy atom. The monoisotopic (exact) mass is 211 g/mol. The van der Waals surface area contributed by atoms with E-state index in [1.165, 1.54) is 0 Å². The van der Waals surface area contributed by atoms with Gasteiger partial charge in [-0.1, -0.05) is 0 Å². The molecule has 0 saturated heterocycles. The molecule has 0 spiro atoms. The average molecular weight is 211 g/mol. The Balaban J connectivity index is 2.54. The van der Waals surface area contributed by atoms with E-state index in [2.05, 4.69) is 17.9 Å². The van der Waals surface area contributed by atoms with Crippen LogP contribution >= 0.6 is 12.6 Å². The molecule has 4 nitrogen and oxygen atoms in total. The Morgan fingerprint density at radius 1 is 1.50 bits per heavy atom. The fourth-order valence-corrected chi connectivity index (χ4v) is 1.44. The first-order chi connectivity index (χ1) is 6.58. The van der Waals surface area contributed by atoms with Crippen LogP contribution in [0.5, 0.6) is 5.75 Å². The van der Waals surface area contributed by atoms with Gasteiger partial charge in [0.1, 0.15) is 5.75 Å². The maximum Gasteiger partial charge on any atom is 0.185 e. The average Bonchev–Trinajstić information content (AvgIpc) is 2.01. The number of nitrogens with two attached hydrogens (primary N) is 1. The number of nitrogens with one attached hydrogen (secondary N) is 2. The van der Waals surface area contributed by atoms with Crippen LogP contribution in [0, 0.1) is 5.41 Å². The number of guanidine groups is 1. The van der Waals surface area contributed by atoms with Gasteiger partial charge in [0.2, 0.25) is 0 Å². The molecule has 0 aliphatic carbocycles. The van der Waals surface area contributed by atoms with E-state index in [4.69, 9.17) is 11.1 Å². The number of phenols is 1. The van der Waals surface area contributed by atoms with Crippen LogP contribution in [0.2, 0.25) is 0 Å². The van der Waals surface area contributed by atoms with Gasteiger partial charge in [-0.2, -0.15) is 0 Å². The highest BCUT2D eigenvalue weighted by atomic mass is 32.1. The SMILES string of the molecule is N=C(N)NCCc1cc(O)cc(S)c1. The molecular weight excluding hydrogens is 198 g/mol. The van der Waals surface area contributed by atoms with Gasteiger partial charge in [0.05, 0.1) is 0 Å². The Hall–Kier alpha value is -1.36. The lowest BCUT2D eigenvalue weighted by molar-refractivity contribution is 0.473. The molecule has 0 unspecified atom stereocenters. The van der Waals surface area contributed by atoms with Gasteiger partial charge < -0.3 is 16.2 Å². The maximum atomic E-state index is 9.27. The summed E-state index contributed by atoms with van der Waals surface area (Å²) in [4.78, 5) is 0.725. The highest BCUT2D eigenvalue weighted by Crippen LogP contribution is 2.18. The summed E-state index contributed by atoms with van der Waals surface area (Å²) in [6, 6.07) is 5.11. The minimum atomic E-state index is -0.0451. The molecule has 1 aromatic carbocycles. The quantitative estimate of drug-likeness (QED) is 0.290. The number of phenolic OH excluding ortho intramolecular Hbond substituents is 1. The van der Waals surface area contributed by atoms with E-state index in [0.717, 1.165) is 10.5 Å². The summed E-state index contributed by atoms with van der Waals surface area (Å²) < 4.78 is 0. The van der Waals surface area contributed by atoms with Crippen LogP contribution in [0.25, 0.3) is 0 Å². The summed E-state index contributed by atoms with van der Waals surface area (Å²) in [5, 5.41) is 18.9. The van der Waals surface area contributed by atoms with E-state index in [1.807, 2.05) is 6.07 Å². The molecule has 14 heavy (non-hydrogen) atoms. The van der Waals surface area contributed by atoms with Gasteiger partial charge in [-0.15, -0.1) is 12.6 Å². The topological polar surface area (TPSA) is 82.1 Å². The summed E-state index contributed by atoms with van der Waals surface area (Å²) in [5.74, 6) is 0.159. The predicted octanol–water partition coefficient (Wildman–Crippen LogP) is 0.706. The summed E-state index contributed by atoms with van der Waals surface area (Å²) >= 11 is 4.14. The zero-order valence-corrected chi connectivity index (χ0v) is 8.51. The Bertz CT molecular complexity index is 321. The van der Waals surface area contributed by atoms with Gasteiger partial charge in [0.15, 0.2) is 5.96 Å². The fourth-order valence-electron chi connectivity index (χ4n) is 1.14. The van der Waals surface area contributed by atoms with Crippen LogP contribution in [0.4, 0.5) is 0 Å². The van der Waals surface area contributed by atoms with E-state index < -0.39 is 0 Å². The van der Waals surface area contributed by atoms with Gasteiger partial charge >= 0.3 is 0 Å². The zero-order valence-electron chi connectivity index (χ0n) is 7.62. The molecule has 0 aromatic heterocycles. The number of benzene rings is 1. The summed E-state index contributed by atoms with van der Waals surface area (Å²) in [6.07, 6.45) is 0.696. The summed E-state index contributed by atoms with van der Waals surface area (Å²) in [7, 11) is 0. The van der Waals surface area contributed by atoms with E-state index >= 15 is 0 Å². The van der Waals surface area contributed by atoms with E-state index in [-0.39, 0.29) is 11.7 Å². The lowest BCUT2D eigenvalue weighted by Gasteiger charge is -2.05. The molecule has 0 saturated carbocycles. The molecular formula is C9H13N3OS. The second-order valence-electron chi connectivity index (χ2n) is 2.95. The molecule has 0 heterocycles. The van der Waals surface area contributed by atoms with Crippen LogP contribution in [-0.4, -0.2) is 17.6 Å². The lowest BCUT2D eigenvalue weighted by Crippen LogP contribution is -2.31. The minimum Gasteiger partial charge on any atom is -0.508 e. The molecule has 1 rings (SSSR count). The first-order valence-electron chi connectivity index (χ1n) is 4.18. The van der Waals surface area contributed by atoms with Gasteiger partial charge in [0, 0.05) is 11.4 Å². The third-order valence-corrected chi connectivity index (χ3v) is 1.95. The van der Waals surface area contributed by atoms with E-state index in [0.29, 0.717) is 13.0 Å². The Morgan fingerprint density at radius 3 is 2.79 bits per heavy atom. The van der Waals surface area contributed by atoms with Crippen LogP contribution in [0.3, 0.4) is 0 Å². The molecule has 0 aliphatic heterocycles. The maximum absolute atomic E-state index is 9.27. The molecule has 0 bridgehead atoms. The normalized spacial score (nSPS) is 9.79. The largest absolute Gasteiger partial charge is 0.508 e. The van der Waals surface area contributed by atoms with Crippen LogP contribution in [-0.2, 0) is 6.42 Å². The molecule has 0 atom stereocenters. The van der Waals surface area contributed by atoms with Crippen molar-refractivity contribution < 1.29 is 5.11 Å². The molecule has 5 N–H and O–H groups in total. The number of thiol groups is 1. The molecule has 0 fully saturated rings. The van der Waals surface area contributed by atoms with E-state index in [1.54, 1.807) is 12.1 Å². The fraction of sp³-hybridized carbons (Fsp3) is 0.222. The number of rotatable bonds is 3. The highest BCUT2D eigenvalue weighted by molar-refractivity contribution is 7.80. The molecule has 1 aromatic rings. The van der Waals surface area contributed by atoms with Crippen molar-refractivity contribution in [3.05, 3.63) is 23.8 Å². The first kappa shape index (κ1) is 10.7. The van der Waals surface area contributed by atoms with Gasteiger partial charge in [-0.25, -0.2) is 0 Å². The molecule has 5 heteroatoms. The Labute approximate surface area is 88.1 Å². The van der Waals surface area contributed by atoms with Gasteiger partial charge in [0.25, 0.3) is 0 Å². The van der Waals surface area contributed by atoms with Crippen LogP contribution in [0.15, 0.2) is 23.1 Å². The third kappa shape index (κ3) is 3.57. The third-order valence-electron chi connectivity index (χ3n) is 1.69. The van der Waals surface area contributed by atoms with E-state index in [9.17, 15) is 5.11 Å². The van der Waals surface area contributed by atoms with Crippen LogP contribution in [0.1, 0.15) is 5.56 Å². The molecule has 0 aliphatic rings. The molecule has 0 radical (unpaired) electrons. The molecule has 76 valence electrons. The van der Waals surface area contributed by atoms with Crippen molar-refractivity contribution in [2.45, 2.75) is 11.3 Å². The summed E-state index contributed by atoms with van der Waals surface area (Å²) in [5.41, 5.74) is 6.09. The standard InChI is InChI=1S/C9H13N3OS/c10-9(11)12-2-1-6-3-7(13)5-8(14)4-6/h3-5,13-14H,1-2H2,(H4,10,11,12). The van der Waals surface area contributed by atoms with Crippen LogP contribution < -0.4 is 11.1 Å². The highest BCUT2D eigenvalue weighted by Gasteiger charge is 1.97. The Kier molecular flexibility index (Phi) is 3.64. The number of aromatic hydroxyl groups is 1. The van der Waals surface area contributed by atoms with Crippen molar-refractivity contribution in [2.24, 2.45) is 5.73 Å². The minimum absolute atomic E-state index is 0.0451. The second-order valence-corrected chi connectivity index (χ2v) is 3.46. The predicted molar refractivity (Wildman–Crippen MR) is 59.0 cm³/mol. The number of hydrogen-bond acceptors (Lipinski definition) is 3. The van der Waals surface area contributed by atoms with Crippen molar-refractivity contribution in [3.63, 3.8) is 0 Å². The first-order valence-corrected chi connectivity index (χ1v) is 4.62. The van der Waals surface area contributed by atoms with Gasteiger partial charge in [-0.05, 0) is 30.2 Å². The molecule has 0 amide bonds. The summed E-state index contributed by atoms with van der Waals surface area (Å²) in [6.45, 7) is 0.575. The number of hydrogen-bond donors (Lipinski definition) is 5. The van der Waals surface area contributed by atoms with Crippen molar-refractivity contribution in [1.29, 1.82) is 5.41 Å². The van der Waals surface area contributed by atoms with Crippen molar-refractivity contribution in [3.8, 4) is 5.75 Å². The van der Waals surface area contributed by atoms with Crippen molar-refractivity contribution in [1.82, 2.24) is 5.32 Å². The van der Waals surface area contributed by atoms with Crippen molar-refractivity contribution in [2.75, 3.05) is 6.54 Å². The lowest BCUT2D eigenvalue weighted by atomic mass is 10.1. The van der Waals surface area contributed by atoms with Crippen molar-refractivity contribution >= 4 is 18.6 Å².